The first-order valence-corrected chi connectivity index (χ1v) is 19.3. The Labute approximate surface area is 325 Å². The normalized spacial score (nSPS) is 11.6. The maximum absolute atomic E-state index is 2.40. The molecule has 0 aliphatic carbocycles. The molecule has 1 heterocycles. The molecule has 0 amide bonds. The zero-order valence-corrected chi connectivity index (χ0v) is 30.7. The van der Waals surface area contributed by atoms with Crippen molar-refractivity contribution in [1.29, 1.82) is 0 Å². The molecule has 2 heteroatoms. The Morgan fingerprint density at radius 3 is 1.79 bits per heavy atom. The zero-order chi connectivity index (χ0) is 37.0. The highest BCUT2D eigenvalue weighted by molar-refractivity contribution is 6.22. The second-order valence-electron chi connectivity index (χ2n) is 14.5. The largest absolute Gasteiger partial charge is 0.310 e. The van der Waals surface area contributed by atoms with E-state index in [9.17, 15) is 0 Å². The van der Waals surface area contributed by atoms with Crippen LogP contribution in [0, 0.1) is 0 Å². The molecule has 11 aromatic rings. The van der Waals surface area contributed by atoms with E-state index < -0.39 is 0 Å². The third-order valence-electron chi connectivity index (χ3n) is 11.3. The number of hydrogen-bond acceptors (Lipinski definition) is 1. The van der Waals surface area contributed by atoms with E-state index in [2.05, 4.69) is 228 Å². The number of benzene rings is 10. The predicted molar refractivity (Wildman–Crippen MR) is 239 cm³/mol. The van der Waals surface area contributed by atoms with E-state index in [1.54, 1.807) is 0 Å². The van der Waals surface area contributed by atoms with E-state index in [4.69, 9.17) is 0 Å². The van der Waals surface area contributed by atoms with E-state index >= 15 is 0 Å². The third-order valence-corrected chi connectivity index (χ3v) is 11.3. The first kappa shape index (κ1) is 32.0. The van der Waals surface area contributed by atoms with Gasteiger partial charge in [-0.05, 0) is 115 Å². The molecule has 0 N–H and O–H groups in total. The van der Waals surface area contributed by atoms with Gasteiger partial charge in [0.1, 0.15) is 0 Å². The minimum atomic E-state index is 1.10. The number of aromatic nitrogens is 1. The highest BCUT2D eigenvalue weighted by Crippen LogP contribution is 2.42. The SMILES string of the molecule is c1ccc(-c2cccc(N(c3ccc(-c4cccc5c4ccc4ccc6ccccc6c45)cc3)c3ccc4c(c3)c3ccccc3n4-c3ccccc3)c2)cc1. The van der Waals surface area contributed by atoms with Gasteiger partial charge in [0.15, 0.2) is 0 Å². The highest BCUT2D eigenvalue weighted by atomic mass is 15.1. The highest BCUT2D eigenvalue weighted by Gasteiger charge is 2.18. The summed E-state index contributed by atoms with van der Waals surface area (Å²) in [5, 5.41) is 10.1. The van der Waals surface area contributed by atoms with Gasteiger partial charge in [-0.25, -0.2) is 0 Å². The average molecular weight is 713 g/mol. The van der Waals surface area contributed by atoms with Crippen molar-refractivity contribution >= 4 is 71.2 Å². The molecule has 0 aliphatic heterocycles. The predicted octanol–water partition coefficient (Wildman–Crippen LogP) is 15.0. The standard InChI is InChI=1S/C54H36N2/c1-3-13-37(14-4-1)41-16-11-19-44(35-41)55(45-32-34-53-51(36-45)49-21-9-10-24-52(49)56(53)42-17-5-2-6-18-42)43-30-27-39(28-31-43)46-22-12-23-50-48(46)33-29-40-26-25-38-15-7-8-20-47(38)54(40)50/h1-36H. The minimum Gasteiger partial charge on any atom is -0.310 e. The van der Waals surface area contributed by atoms with E-state index in [0.29, 0.717) is 0 Å². The molecule has 0 aliphatic rings. The lowest BCUT2D eigenvalue weighted by molar-refractivity contribution is 1.18. The Morgan fingerprint density at radius 1 is 0.304 bits per heavy atom. The summed E-state index contributed by atoms with van der Waals surface area (Å²) in [6, 6.07) is 79.4. The topological polar surface area (TPSA) is 8.17 Å². The smallest absolute Gasteiger partial charge is 0.0542 e. The maximum Gasteiger partial charge on any atom is 0.0542 e. The van der Waals surface area contributed by atoms with Gasteiger partial charge in [-0.2, -0.15) is 0 Å². The van der Waals surface area contributed by atoms with Gasteiger partial charge in [0.2, 0.25) is 0 Å². The first-order valence-electron chi connectivity index (χ1n) is 19.3. The molecule has 0 bridgehead atoms. The van der Waals surface area contributed by atoms with Crippen LogP contribution in [0.3, 0.4) is 0 Å². The van der Waals surface area contributed by atoms with Gasteiger partial charge in [0.25, 0.3) is 0 Å². The van der Waals surface area contributed by atoms with Crippen molar-refractivity contribution in [2.45, 2.75) is 0 Å². The van der Waals surface area contributed by atoms with Gasteiger partial charge in [-0.1, -0.05) is 158 Å². The molecule has 1 aromatic heterocycles. The van der Waals surface area contributed by atoms with Crippen LogP contribution in [0.15, 0.2) is 218 Å². The summed E-state index contributed by atoms with van der Waals surface area (Å²) in [5.41, 5.74) is 11.7. The number of rotatable bonds is 6. The molecular formula is C54H36N2. The molecule has 10 aromatic carbocycles. The monoisotopic (exact) mass is 712 g/mol. The van der Waals surface area contributed by atoms with Gasteiger partial charge in [-0.3, -0.25) is 0 Å². The van der Waals surface area contributed by atoms with Crippen molar-refractivity contribution < 1.29 is 0 Å². The fraction of sp³-hybridized carbons (Fsp3) is 0. The van der Waals surface area contributed by atoms with Crippen molar-refractivity contribution in [2.75, 3.05) is 4.90 Å². The Balaban J connectivity index is 1.08. The van der Waals surface area contributed by atoms with E-state index in [0.717, 1.165) is 22.7 Å². The van der Waals surface area contributed by atoms with Crippen molar-refractivity contribution in [3.8, 4) is 27.9 Å². The summed E-state index contributed by atoms with van der Waals surface area (Å²) >= 11 is 0. The van der Waals surface area contributed by atoms with Gasteiger partial charge >= 0.3 is 0 Å². The molecular weight excluding hydrogens is 677 g/mol. The van der Waals surface area contributed by atoms with Crippen LogP contribution in [-0.2, 0) is 0 Å². The molecule has 0 unspecified atom stereocenters. The number of para-hydroxylation sites is 2. The molecule has 2 nitrogen and oxygen atoms in total. The molecule has 0 saturated carbocycles. The second-order valence-corrected chi connectivity index (χ2v) is 14.5. The molecule has 0 radical (unpaired) electrons. The summed E-state index contributed by atoms with van der Waals surface area (Å²) in [4.78, 5) is 2.40. The number of hydrogen-bond donors (Lipinski definition) is 0. The second kappa shape index (κ2) is 13.2. The molecule has 0 fully saturated rings. The summed E-state index contributed by atoms with van der Waals surface area (Å²) in [6.07, 6.45) is 0. The lowest BCUT2D eigenvalue weighted by Gasteiger charge is -2.26. The zero-order valence-electron chi connectivity index (χ0n) is 30.7. The van der Waals surface area contributed by atoms with Crippen LogP contribution in [0.2, 0.25) is 0 Å². The van der Waals surface area contributed by atoms with Gasteiger partial charge < -0.3 is 9.47 Å². The van der Waals surface area contributed by atoms with Crippen molar-refractivity contribution in [3.63, 3.8) is 0 Å². The van der Waals surface area contributed by atoms with Crippen LogP contribution in [0.5, 0.6) is 0 Å². The lowest BCUT2D eigenvalue weighted by atomic mass is 9.92. The maximum atomic E-state index is 2.40. The number of nitrogens with zero attached hydrogens (tertiary/aromatic N) is 2. The summed E-state index contributed by atoms with van der Waals surface area (Å²) in [5.74, 6) is 0. The third kappa shape index (κ3) is 5.26. The Bertz CT molecular complexity index is 3230. The fourth-order valence-corrected chi connectivity index (χ4v) is 8.76. The van der Waals surface area contributed by atoms with Crippen molar-refractivity contribution in [2.24, 2.45) is 0 Å². The molecule has 11 rings (SSSR count). The fourth-order valence-electron chi connectivity index (χ4n) is 8.76. The average Bonchev–Trinajstić information content (AvgIpc) is 3.61. The molecule has 0 spiro atoms. The van der Waals surface area contributed by atoms with Gasteiger partial charge in [0, 0.05) is 33.5 Å². The van der Waals surface area contributed by atoms with Gasteiger partial charge in [-0.15, -0.1) is 0 Å². The quantitative estimate of drug-likeness (QED) is 0.156. The minimum absolute atomic E-state index is 1.10. The van der Waals surface area contributed by atoms with Crippen LogP contribution < -0.4 is 4.90 Å². The van der Waals surface area contributed by atoms with Crippen molar-refractivity contribution in [1.82, 2.24) is 4.57 Å². The van der Waals surface area contributed by atoms with Gasteiger partial charge in [0.05, 0.1) is 11.0 Å². The first-order chi connectivity index (χ1) is 27.8. The van der Waals surface area contributed by atoms with E-state index in [1.165, 1.54) is 76.4 Å². The Kier molecular flexibility index (Phi) is 7.53. The van der Waals surface area contributed by atoms with Crippen LogP contribution in [0.25, 0.3) is 82.1 Å². The Morgan fingerprint density at radius 2 is 0.929 bits per heavy atom. The number of fused-ring (bicyclic) bond motifs is 8. The summed E-state index contributed by atoms with van der Waals surface area (Å²) in [7, 11) is 0. The van der Waals surface area contributed by atoms with Crippen LogP contribution >= 0.6 is 0 Å². The molecule has 262 valence electrons. The van der Waals surface area contributed by atoms with Crippen LogP contribution in [0.1, 0.15) is 0 Å². The number of anilines is 3. The van der Waals surface area contributed by atoms with Crippen LogP contribution in [0.4, 0.5) is 17.1 Å². The summed E-state index contributed by atoms with van der Waals surface area (Å²) < 4.78 is 2.37. The van der Waals surface area contributed by atoms with E-state index in [-0.39, 0.29) is 0 Å². The molecule has 56 heavy (non-hydrogen) atoms. The summed E-state index contributed by atoms with van der Waals surface area (Å²) in [6.45, 7) is 0. The Hall–Kier alpha value is -7.42. The molecule has 0 atom stereocenters. The van der Waals surface area contributed by atoms with E-state index in [1.807, 2.05) is 0 Å². The molecule has 0 saturated heterocycles. The lowest BCUT2D eigenvalue weighted by Crippen LogP contribution is -2.10. The van der Waals surface area contributed by atoms with Crippen molar-refractivity contribution in [3.05, 3.63) is 218 Å². The van der Waals surface area contributed by atoms with Crippen LogP contribution in [-0.4, -0.2) is 4.57 Å².